The topological polar surface area (TPSA) is 151 Å². The number of benzene rings is 2. The Balaban J connectivity index is 1.48. The highest BCUT2D eigenvalue weighted by Crippen LogP contribution is 2.32. The summed E-state index contributed by atoms with van der Waals surface area (Å²) in [5.74, 6) is 0.121. The summed E-state index contributed by atoms with van der Waals surface area (Å²) in [7, 11) is 0. The fourth-order valence-electron chi connectivity index (χ4n) is 4.91. The van der Waals surface area contributed by atoms with E-state index in [1.54, 1.807) is 29.1 Å². The van der Waals surface area contributed by atoms with Gasteiger partial charge in [-0.1, -0.05) is 37.5 Å². The predicted molar refractivity (Wildman–Crippen MR) is 142 cm³/mol. The van der Waals surface area contributed by atoms with Crippen LogP contribution in [0.5, 0.6) is 0 Å². The molecular formula is C26H27N7O4. The molecule has 1 aliphatic rings. The summed E-state index contributed by atoms with van der Waals surface area (Å²) >= 11 is 0. The van der Waals surface area contributed by atoms with E-state index in [1.807, 2.05) is 30.3 Å². The molecule has 1 saturated carbocycles. The summed E-state index contributed by atoms with van der Waals surface area (Å²) in [6.07, 6.45) is 8.03. The maximum Gasteiger partial charge on any atom is 0.316 e. The van der Waals surface area contributed by atoms with Crippen LogP contribution in [0.3, 0.4) is 0 Å². The number of guanidine groups is 1. The van der Waals surface area contributed by atoms with E-state index in [2.05, 4.69) is 15.6 Å². The SMILES string of the molecule is N=C(NCc1ccn(-c2cc3c(cc2[N+](=O)[O-])[nH]c(=O)c(=O)n3C2CCCCC2)c1)Nc1ccccc1. The van der Waals surface area contributed by atoms with Gasteiger partial charge < -0.3 is 20.2 Å². The molecule has 11 heteroatoms. The van der Waals surface area contributed by atoms with Crippen LogP contribution >= 0.6 is 0 Å². The molecule has 1 aliphatic carbocycles. The largest absolute Gasteiger partial charge is 0.352 e. The fourth-order valence-corrected chi connectivity index (χ4v) is 4.91. The third-order valence-electron chi connectivity index (χ3n) is 6.69. The number of aromatic nitrogens is 3. The number of aromatic amines is 1. The van der Waals surface area contributed by atoms with E-state index in [1.165, 1.54) is 10.6 Å². The van der Waals surface area contributed by atoms with Crippen molar-refractivity contribution in [2.24, 2.45) is 0 Å². The number of nitro benzene ring substituents is 1. The van der Waals surface area contributed by atoms with Crippen molar-refractivity contribution >= 4 is 28.4 Å². The van der Waals surface area contributed by atoms with Crippen LogP contribution in [0.15, 0.2) is 70.5 Å². The van der Waals surface area contributed by atoms with Gasteiger partial charge in [-0.05, 0) is 42.7 Å². The van der Waals surface area contributed by atoms with Gasteiger partial charge in [-0.2, -0.15) is 0 Å². The van der Waals surface area contributed by atoms with Gasteiger partial charge in [0.2, 0.25) is 0 Å². The molecule has 4 aromatic rings. The van der Waals surface area contributed by atoms with Crippen molar-refractivity contribution in [2.45, 2.75) is 44.7 Å². The Morgan fingerprint density at radius 2 is 1.86 bits per heavy atom. The van der Waals surface area contributed by atoms with Crippen LogP contribution in [0.4, 0.5) is 11.4 Å². The van der Waals surface area contributed by atoms with Crippen molar-refractivity contribution in [3.05, 3.63) is 97.3 Å². The standard InChI is InChI=1S/C26H27N7O4/c27-26(29-18-7-3-1-4-8-18)28-15-17-11-12-31(16-17)22-14-21-20(13-23(22)33(36)37)30-24(34)25(35)32(21)19-9-5-2-6-10-19/h1,3-4,7-8,11-14,16,19H,2,5-6,9-10,15H2,(H,30,34)(H3,27,28,29). The lowest BCUT2D eigenvalue weighted by atomic mass is 9.95. The Kier molecular flexibility index (Phi) is 6.59. The summed E-state index contributed by atoms with van der Waals surface area (Å²) < 4.78 is 3.15. The molecule has 1 fully saturated rings. The molecule has 0 amide bonds. The van der Waals surface area contributed by atoms with Crippen LogP contribution in [0.25, 0.3) is 16.7 Å². The molecule has 2 aromatic carbocycles. The number of hydrogen-bond donors (Lipinski definition) is 4. The number of fused-ring (bicyclic) bond motifs is 1. The number of anilines is 1. The zero-order valence-corrected chi connectivity index (χ0v) is 20.1. The quantitative estimate of drug-likeness (QED) is 0.103. The summed E-state index contributed by atoms with van der Waals surface area (Å²) in [5.41, 5.74) is 1.01. The number of para-hydroxylation sites is 1. The lowest BCUT2D eigenvalue weighted by Gasteiger charge is -2.25. The van der Waals surface area contributed by atoms with E-state index in [0.29, 0.717) is 12.1 Å². The lowest BCUT2D eigenvalue weighted by Crippen LogP contribution is -2.39. The third-order valence-corrected chi connectivity index (χ3v) is 6.69. The van der Waals surface area contributed by atoms with Gasteiger partial charge in [0.05, 0.1) is 16.0 Å². The molecular weight excluding hydrogens is 474 g/mol. The zero-order chi connectivity index (χ0) is 25.9. The smallest absolute Gasteiger partial charge is 0.316 e. The fraction of sp³-hybridized carbons (Fsp3) is 0.269. The minimum Gasteiger partial charge on any atom is -0.352 e. The highest BCUT2D eigenvalue weighted by molar-refractivity contribution is 5.91. The van der Waals surface area contributed by atoms with Crippen molar-refractivity contribution in [1.82, 2.24) is 19.4 Å². The summed E-state index contributed by atoms with van der Waals surface area (Å²) in [6, 6.07) is 14.0. The number of nitro groups is 1. The van der Waals surface area contributed by atoms with E-state index in [0.717, 1.165) is 43.4 Å². The number of nitrogens with one attached hydrogen (secondary N) is 4. The Morgan fingerprint density at radius 3 is 2.59 bits per heavy atom. The van der Waals surface area contributed by atoms with Gasteiger partial charge in [-0.3, -0.25) is 29.7 Å². The molecule has 0 unspecified atom stereocenters. The van der Waals surface area contributed by atoms with Crippen molar-refractivity contribution in [1.29, 1.82) is 5.41 Å². The molecule has 190 valence electrons. The molecule has 0 radical (unpaired) electrons. The second kappa shape index (κ2) is 10.1. The molecule has 0 aliphatic heterocycles. The Labute approximate surface area is 211 Å². The molecule has 0 atom stereocenters. The third kappa shape index (κ3) is 5.01. The first-order chi connectivity index (χ1) is 17.9. The van der Waals surface area contributed by atoms with Gasteiger partial charge in [-0.15, -0.1) is 0 Å². The van der Waals surface area contributed by atoms with E-state index < -0.39 is 16.0 Å². The highest BCUT2D eigenvalue weighted by Gasteiger charge is 2.24. The van der Waals surface area contributed by atoms with Crippen LogP contribution in [0.2, 0.25) is 0 Å². The summed E-state index contributed by atoms with van der Waals surface area (Å²) in [5, 5.41) is 26.0. The number of hydrogen-bond acceptors (Lipinski definition) is 5. The van der Waals surface area contributed by atoms with Gasteiger partial charge in [0, 0.05) is 36.7 Å². The van der Waals surface area contributed by atoms with Crippen LogP contribution in [0, 0.1) is 15.5 Å². The van der Waals surface area contributed by atoms with Gasteiger partial charge in [0.25, 0.3) is 5.69 Å². The molecule has 2 aromatic heterocycles. The number of nitrogens with zero attached hydrogens (tertiary/aromatic N) is 3. The number of rotatable bonds is 6. The summed E-state index contributed by atoms with van der Waals surface area (Å²) in [6.45, 7) is 0.327. The van der Waals surface area contributed by atoms with Crippen LogP contribution in [-0.4, -0.2) is 25.0 Å². The maximum atomic E-state index is 12.9. The second-order valence-electron chi connectivity index (χ2n) is 9.18. The molecule has 4 N–H and O–H groups in total. The highest BCUT2D eigenvalue weighted by atomic mass is 16.6. The van der Waals surface area contributed by atoms with Gasteiger partial charge in [0.1, 0.15) is 5.69 Å². The van der Waals surface area contributed by atoms with E-state index in [4.69, 9.17) is 5.41 Å². The number of H-pyrrole nitrogens is 1. The van der Waals surface area contributed by atoms with Crippen molar-refractivity contribution in [3.63, 3.8) is 0 Å². The van der Waals surface area contributed by atoms with Crippen molar-refractivity contribution in [3.8, 4) is 5.69 Å². The first-order valence-corrected chi connectivity index (χ1v) is 12.2. The lowest BCUT2D eigenvalue weighted by molar-refractivity contribution is -0.384. The Hall–Kier alpha value is -4.67. The molecule has 0 saturated heterocycles. The maximum absolute atomic E-state index is 12.9. The summed E-state index contributed by atoms with van der Waals surface area (Å²) in [4.78, 5) is 39.2. The average molecular weight is 502 g/mol. The average Bonchev–Trinajstić information content (AvgIpc) is 3.38. The van der Waals surface area contributed by atoms with E-state index in [-0.39, 0.29) is 28.9 Å². The van der Waals surface area contributed by atoms with E-state index in [9.17, 15) is 19.7 Å². The van der Waals surface area contributed by atoms with Gasteiger partial charge in [0.15, 0.2) is 5.96 Å². The van der Waals surface area contributed by atoms with Crippen LogP contribution in [0.1, 0.15) is 43.7 Å². The van der Waals surface area contributed by atoms with Crippen molar-refractivity contribution in [2.75, 3.05) is 5.32 Å². The predicted octanol–water partition coefficient (Wildman–Crippen LogP) is 4.03. The normalized spacial score (nSPS) is 13.9. The second-order valence-corrected chi connectivity index (χ2v) is 9.18. The molecule has 37 heavy (non-hydrogen) atoms. The minimum absolute atomic E-state index is 0.118. The zero-order valence-electron chi connectivity index (χ0n) is 20.1. The van der Waals surface area contributed by atoms with Gasteiger partial charge in [-0.25, -0.2) is 0 Å². The first-order valence-electron chi connectivity index (χ1n) is 12.2. The molecule has 11 nitrogen and oxygen atoms in total. The van der Waals surface area contributed by atoms with Crippen molar-refractivity contribution < 1.29 is 4.92 Å². The molecule has 2 heterocycles. The molecule has 0 spiro atoms. The Bertz CT molecular complexity index is 1580. The monoisotopic (exact) mass is 501 g/mol. The van der Waals surface area contributed by atoms with E-state index >= 15 is 0 Å². The first kappa shape index (κ1) is 24.0. The molecule has 5 rings (SSSR count). The van der Waals surface area contributed by atoms with Crippen LogP contribution in [-0.2, 0) is 6.54 Å². The van der Waals surface area contributed by atoms with Gasteiger partial charge >= 0.3 is 11.1 Å². The minimum atomic E-state index is -0.777. The Morgan fingerprint density at radius 1 is 1.11 bits per heavy atom. The van der Waals surface area contributed by atoms with Crippen LogP contribution < -0.4 is 21.8 Å². The molecule has 0 bridgehead atoms.